The average Bonchev–Trinajstić information content (AvgIpc) is 2.31. The zero-order chi connectivity index (χ0) is 13.9. The molecule has 0 aliphatic rings. The van der Waals surface area contributed by atoms with Crippen molar-refractivity contribution in [1.29, 1.82) is 0 Å². The number of nitrogens with two attached hydrogens (primary N) is 1. The van der Waals surface area contributed by atoms with Crippen LogP contribution in [0.15, 0.2) is 18.2 Å². The monoisotopic (exact) mass is 269 g/mol. The minimum atomic E-state index is -0.271. The van der Waals surface area contributed by atoms with Crippen LogP contribution in [-0.4, -0.2) is 49.3 Å². The number of halogens is 1. The lowest BCUT2D eigenvalue weighted by atomic mass is 10.2. The Hall–Kier alpha value is -1.75. The molecule has 1 aromatic carbocycles. The molecule has 0 aliphatic carbocycles. The molecular weight excluding hydrogens is 254 g/mol. The molecule has 0 aliphatic heterocycles. The van der Waals surface area contributed by atoms with E-state index in [0.29, 0.717) is 16.3 Å². The van der Waals surface area contributed by atoms with E-state index < -0.39 is 0 Å². The van der Waals surface area contributed by atoms with E-state index in [1.54, 1.807) is 33.3 Å². The normalized spacial score (nSPS) is 10.0. The lowest BCUT2D eigenvalue weighted by molar-refractivity contribution is -0.129. The van der Waals surface area contributed by atoms with Crippen LogP contribution in [0.25, 0.3) is 0 Å². The van der Waals surface area contributed by atoms with Gasteiger partial charge in [0, 0.05) is 26.7 Å². The third kappa shape index (κ3) is 3.37. The summed E-state index contributed by atoms with van der Waals surface area (Å²) in [5, 5.41) is 0.327. The van der Waals surface area contributed by atoms with Gasteiger partial charge in [0.1, 0.15) is 0 Å². The molecule has 1 aromatic rings. The van der Waals surface area contributed by atoms with Gasteiger partial charge in [0.05, 0.1) is 17.3 Å². The van der Waals surface area contributed by atoms with Crippen LogP contribution in [0, 0.1) is 0 Å². The Morgan fingerprint density at radius 2 is 1.89 bits per heavy atom. The first-order valence-electron chi connectivity index (χ1n) is 5.33. The molecule has 0 spiro atoms. The molecule has 0 unspecified atom stereocenters. The number of hydrogen-bond acceptors (Lipinski definition) is 3. The van der Waals surface area contributed by atoms with Crippen LogP contribution in [0.5, 0.6) is 0 Å². The molecule has 0 radical (unpaired) electrons. The van der Waals surface area contributed by atoms with Gasteiger partial charge in [-0.15, -0.1) is 0 Å². The Kier molecular flexibility index (Phi) is 4.55. The number of hydrogen-bond donors (Lipinski definition) is 1. The summed E-state index contributed by atoms with van der Waals surface area (Å²) in [6.45, 7) is 0.0217. The van der Waals surface area contributed by atoms with Crippen molar-refractivity contribution in [1.82, 2.24) is 9.80 Å². The lowest BCUT2D eigenvalue weighted by Crippen LogP contribution is -2.37. The minimum absolute atomic E-state index is 0.0217. The standard InChI is InChI=1S/C12H16ClN3O2/c1-15(2)11(17)7-16(3)12(18)8-4-5-10(14)9(13)6-8/h4-6H,7,14H2,1-3H3. The molecule has 5 nitrogen and oxygen atoms in total. The topological polar surface area (TPSA) is 66.6 Å². The van der Waals surface area contributed by atoms with Crippen molar-refractivity contribution in [2.45, 2.75) is 0 Å². The van der Waals surface area contributed by atoms with Crippen molar-refractivity contribution in [2.24, 2.45) is 0 Å². The number of nitrogen functional groups attached to an aromatic ring is 1. The Morgan fingerprint density at radius 3 is 2.39 bits per heavy atom. The molecule has 0 saturated carbocycles. The van der Waals surface area contributed by atoms with Gasteiger partial charge >= 0.3 is 0 Å². The summed E-state index contributed by atoms with van der Waals surface area (Å²) in [5.74, 6) is -0.417. The predicted molar refractivity (Wildman–Crippen MR) is 71.5 cm³/mol. The van der Waals surface area contributed by atoms with Gasteiger partial charge in [-0.25, -0.2) is 0 Å². The Balaban J connectivity index is 2.80. The fourth-order valence-electron chi connectivity index (χ4n) is 1.30. The van der Waals surface area contributed by atoms with Crippen molar-refractivity contribution >= 4 is 29.1 Å². The predicted octanol–water partition coefficient (Wildman–Crippen LogP) is 1.08. The molecule has 2 amide bonds. The van der Waals surface area contributed by atoms with Crippen LogP contribution in [0.4, 0.5) is 5.69 Å². The number of benzene rings is 1. The number of amides is 2. The van der Waals surface area contributed by atoms with Crippen molar-refractivity contribution in [3.63, 3.8) is 0 Å². The zero-order valence-corrected chi connectivity index (χ0v) is 11.4. The quantitative estimate of drug-likeness (QED) is 0.835. The van der Waals surface area contributed by atoms with E-state index in [1.807, 2.05) is 0 Å². The van der Waals surface area contributed by atoms with Crippen LogP contribution in [-0.2, 0) is 4.79 Å². The summed E-state index contributed by atoms with van der Waals surface area (Å²) in [7, 11) is 4.84. The summed E-state index contributed by atoms with van der Waals surface area (Å²) in [5.41, 5.74) is 6.39. The van der Waals surface area contributed by atoms with Crippen LogP contribution in [0.2, 0.25) is 5.02 Å². The Bertz CT molecular complexity index is 474. The van der Waals surface area contributed by atoms with Gasteiger partial charge in [0.25, 0.3) is 5.91 Å². The smallest absolute Gasteiger partial charge is 0.254 e. The van der Waals surface area contributed by atoms with E-state index in [0.717, 1.165) is 0 Å². The molecule has 1 rings (SSSR count). The van der Waals surface area contributed by atoms with E-state index in [4.69, 9.17) is 17.3 Å². The second-order valence-corrected chi connectivity index (χ2v) is 4.59. The Labute approximate surface area is 111 Å². The molecule has 2 N–H and O–H groups in total. The highest BCUT2D eigenvalue weighted by molar-refractivity contribution is 6.33. The van der Waals surface area contributed by atoms with E-state index in [2.05, 4.69) is 0 Å². The highest BCUT2D eigenvalue weighted by Crippen LogP contribution is 2.20. The first-order chi connectivity index (χ1) is 8.32. The first-order valence-corrected chi connectivity index (χ1v) is 5.71. The number of rotatable bonds is 3. The van der Waals surface area contributed by atoms with Gasteiger partial charge in [0.15, 0.2) is 0 Å². The zero-order valence-electron chi connectivity index (χ0n) is 10.6. The molecule has 0 saturated heterocycles. The van der Waals surface area contributed by atoms with Crippen LogP contribution in [0.3, 0.4) is 0 Å². The van der Waals surface area contributed by atoms with Gasteiger partial charge in [-0.05, 0) is 18.2 Å². The summed E-state index contributed by atoms with van der Waals surface area (Å²) >= 11 is 5.85. The maximum atomic E-state index is 12.0. The summed E-state index contributed by atoms with van der Waals surface area (Å²) in [6.07, 6.45) is 0. The molecule has 98 valence electrons. The van der Waals surface area contributed by atoms with Gasteiger partial charge in [0.2, 0.25) is 5.91 Å². The minimum Gasteiger partial charge on any atom is -0.398 e. The highest BCUT2D eigenvalue weighted by Gasteiger charge is 2.16. The van der Waals surface area contributed by atoms with Crippen LogP contribution < -0.4 is 5.73 Å². The van der Waals surface area contributed by atoms with Crippen molar-refractivity contribution in [3.8, 4) is 0 Å². The number of likely N-dealkylation sites (N-methyl/N-ethyl adjacent to an activating group) is 2. The van der Waals surface area contributed by atoms with Gasteiger partial charge in [-0.3, -0.25) is 9.59 Å². The van der Waals surface area contributed by atoms with Gasteiger partial charge < -0.3 is 15.5 Å². The summed E-state index contributed by atoms with van der Waals surface area (Å²) < 4.78 is 0. The molecule has 18 heavy (non-hydrogen) atoms. The molecule has 0 fully saturated rings. The molecule has 0 atom stereocenters. The first kappa shape index (κ1) is 14.3. The molecule has 6 heteroatoms. The van der Waals surface area contributed by atoms with Crippen molar-refractivity contribution < 1.29 is 9.59 Å². The van der Waals surface area contributed by atoms with E-state index in [1.165, 1.54) is 15.9 Å². The fourth-order valence-corrected chi connectivity index (χ4v) is 1.48. The largest absolute Gasteiger partial charge is 0.398 e. The second-order valence-electron chi connectivity index (χ2n) is 4.19. The van der Waals surface area contributed by atoms with Gasteiger partial charge in [-0.1, -0.05) is 11.6 Å². The maximum absolute atomic E-state index is 12.0. The lowest BCUT2D eigenvalue weighted by Gasteiger charge is -2.19. The molecule has 0 bridgehead atoms. The number of carbonyl (C=O) groups is 2. The van der Waals surface area contributed by atoms with E-state index in [9.17, 15) is 9.59 Å². The van der Waals surface area contributed by atoms with Crippen LogP contribution >= 0.6 is 11.6 Å². The number of anilines is 1. The summed E-state index contributed by atoms with van der Waals surface area (Å²) in [6, 6.07) is 4.65. The Morgan fingerprint density at radius 1 is 1.28 bits per heavy atom. The van der Waals surface area contributed by atoms with Crippen molar-refractivity contribution in [3.05, 3.63) is 28.8 Å². The third-order valence-corrected chi connectivity index (χ3v) is 2.79. The van der Waals surface area contributed by atoms with Crippen LogP contribution in [0.1, 0.15) is 10.4 Å². The summed E-state index contributed by atoms with van der Waals surface area (Å²) in [4.78, 5) is 26.3. The SMILES string of the molecule is CN(C)C(=O)CN(C)C(=O)c1ccc(N)c(Cl)c1. The highest BCUT2D eigenvalue weighted by atomic mass is 35.5. The average molecular weight is 270 g/mol. The number of nitrogens with zero attached hydrogens (tertiary/aromatic N) is 2. The van der Waals surface area contributed by atoms with E-state index >= 15 is 0 Å². The molecule has 0 heterocycles. The van der Waals surface area contributed by atoms with Gasteiger partial charge in [-0.2, -0.15) is 0 Å². The van der Waals surface area contributed by atoms with Crippen molar-refractivity contribution in [2.75, 3.05) is 33.4 Å². The third-order valence-electron chi connectivity index (χ3n) is 2.47. The molecule has 0 aromatic heterocycles. The number of carbonyl (C=O) groups excluding carboxylic acids is 2. The maximum Gasteiger partial charge on any atom is 0.254 e. The van der Waals surface area contributed by atoms with E-state index in [-0.39, 0.29) is 18.4 Å². The second kappa shape index (κ2) is 5.73. The fraction of sp³-hybridized carbons (Fsp3) is 0.333. The molecular formula is C12H16ClN3O2.